The van der Waals surface area contributed by atoms with E-state index in [-0.39, 0.29) is 29.8 Å². The molecule has 5 heteroatoms. The molecule has 0 aromatic carbocycles. The number of nitrogens with zero attached hydrogens (tertiary/aromatic N) is 2. The Balaban J connectivity index is 1.59. The zero-order valence-electron chi connectivity index (χ0n) is 13.8. The van der Waals surface area contributed by atoms with Gasteiger partial charge in [-0.25, -0.2) is 0 Å². The SMILES string of the molecule is CCCC(C)N1CC(C(=O)N2CC3CCC(N)C3C2)CC1=O. The number of hydrogen-bond acceptors (Lipinski definition) is 3. The molecule has 3 aliphatic rings. The topological polar surface area (TPSA) is 66.6 Å². The number of rotatable bonds is 4. The summed E-state index contributed by atoms with van der Waals surface area (Å²) in [6, 6.07) is 0.510. The molecule has 5 unspecified atom stereocenters. The van der Waals surface area contributed by atoms with Gasteiger partial charge in [-0.15, -0.1) is 0 Å². The molecule has 0 spiro atoms. The fourth-order valence-corrected chi connectivity index (χ4v) is 4.64. The van der Waals surface area contributed by atoms with Crippen molar-refractivity contribution < 1.29 is 9.59 Å². The van der Waals surface area contributed by atoms with Gasteiger partial charge in [-0.1, -0.05) is 13.3 Å². The van der Waals surface area contributed by atoms with Crippen molar-refractivity contribution in [2.75, 3.05) is 19.6 Å². The van der Waals surface area contributed by atoms with Gasteiger partial charge in [0.25, 0.3) is 0 Å². The summed E-state index contributed by atoms with van der Waals surface area (Å²) in [7, 11) is 0. The van der Waals surface area contributed by atoms with E-state index in [4.69, 9.17) is 5.73 Å². The molecule has 2 aliphatic heterocycles. The van der Waals surface area contributed by atoms with Gasteiger partial charge in [0.05, 0.1) is 5.92 Å². The van der Waals surface area contributed by atoms with E-state index in [1.807, 2.05) is 9.80 Å². The standard InChI is InChI=1S/C17H29N3O2/c1-3-4-11(2)20-9-13(7-16(20)21)17(22)19-8-12-5-6-15(18)14(12)10-19/h11-15H,3-10,18H2,1-2H3. The first-order valence-corrected chi connectivity index (χ1v) is 8.85. The van der Waals surface area contributed by atoms with Crippen molar-refractivity contribution in [2.24, 2.45) is 23.5 Å². The normalized spacial score (nSPS) is 36.0. The number of likely N-dealkylation sites (tertiary alicyclic amines) is 2. The predicted molar refractivity (Wildman–Crippen MR) is 85.0 cm³/mol. The van der Waals surface area contributed by atoms with Crippen LogP contribution >= 0.6 is 0 Å². The molecule has 2 N–H and O–H groups in total. The van der Waals surface area contributed by atoms with Crippen LogP contribution in [0.25, 0.3) is 0 Å². The van der Waals surface area contributed by atoms with Crippen molar-refractivity contribution in [1.82, 2.24) is 9.80 Å². The van der Waals surface area contributed by atoms with Crippen LogP contribution in [0.15, 0.2) is 0 Å². The average molecular weight is 307 g/mol. The summed E-state index contributed by atoms with van der Waals surface area (Å²) in [4.78, 5) is 28.9. The van der Waals surface area contributed by atoms with E-state index in [0.29, 0.717) is 24.8 Å². The lowest BCUT2D eigenvalue weighted by Gasteiger charge is -2.25. The Kier molecular flexibility index (Phi) is 4.44. The van der Waals surface area contributed by atoms with Crippen LogP contribution in [0, 0.1) is 17.8 Å². The highest BCUT2D eigenvalue weighted by molar-refractivity contribution is 5.89. The fourth-order valence-electron chi connectivity index (χ4n) is 4.64. The molecule has 1 saturated carbocycles. The van der Waals surface area contributed by atoms with Gasteiger partial charge in [0.2, 0.25) is 11.8 Å². The summed E-state index contributed by atoms with van der Waals surface area (Å²) in [5, 5.41) is 0. The summed E-state index contributed by atoms with van der Waals surface area (Å²) in [5.41, 5.74) is 6.15. The first-order chi connectivity index (χ1) is 10.5. The van der Waals surface area contributed by atoms with Crippen LogP contribution in [0.2, 0.25) is 0 Å². The van der Waals surface area contributed by atoms with E-state index in [9.17, 15) is 9.59 Å². The summed E-state index contributed by atoms with van der Waals surface area (Å²) < 4.78 is 0. The van der Waals surface area contributed by atoms with E-state index in [1.165, 1.54) is 0 Å². The van der Waals surface area contributed by atoms with Gasteiger partial charge in [-0.05, 0) is 38.0 Å². The maximum Gasteiger partial charge on any atom is 0.228 e. The van der Waals surface area contributed by atoms with Gasteiger partial charge >= 0.3 is 0 Å². The van der Waals surface area contributed by atoms with Crippen molar-refractivity contribution in [3.05, 3.63) is 0 Å². The minimum Gasteiger partial charge on any atom is -0.342 e. The van der Waals surface area contributed by atoms with Crippen LogP contribution in [0.4, 0.5) is 0 Å². The van der Waals surface area contributed by atoms with Crippen LogP contribution in [0.5, 0.6) is 0 Å². The minimum absolute atomic E-state index is 0.137. The Bertz CT molecular complexity index is 453. The second kappa shape index (κ2) is 6.19. The third-order valence-electron chi connectivity index (χ3n) is 5.97. The molecule has 5 atom stereocenters. The molecule has 5 nitrogen and oxygen atoms in total. The highest BCUT2D eigenvalue weighted by Gasteiger charge is 2.45. The number of nitrogens with two attached hydrogens (primary N) is 1. The highest BCUT2D eigenvalue weighted by atomic mass is 16.2. The van der Waals surface area contributed by atoms with Crippen LogP contribution in [0.1, 0.15) is 46.0 Å². The van der Waals surface area contributed by atoms with Crippen molar-refractivity contribution in [3.8, 4) is 0 Å². The molecule has 22 heavy (non-hydrogen) atoms. The first-order valence-electron chi connectivity index (χ1n) is 8.85. The second-order valence-corrected chi connectivity index (χ2v) is 7.49. The Morgan fingerprint density at radius 3 is 2.77 bits per heavy atom. The summed E-state index contributed by atoms with van der Waals surface area (Å²) >= 11 is 0. The lowest BCUT2D eigenvalue weighted by atomic mass is 9.98. The van der Waals surface area contributed by atoms with Crippen molar-refractivity contribution in [3.63, 3.8) is 0 Å². The maximum atomic E-state index is 12.8. The summed E-state index contributed by atoms with van der Waals surface area (Å²) in [6.45, 7) is 6.49. The Hall–Kier alpha value is -1.10. The highest BCUT2D eigenvalue weighted by Crippen LogP contribution is 2.38. The predicted octanol–water partition coefficient (Wildman–Crippen LogP) is 1.22. The van der Waals surface area contributed by atoms with Gasteiger partial charge < -0.3 is 15.5 Å². The van der Waals surface area contributed by atoms with Gasteiger partial charge in [0.1, 0.15) is 0 Å². The molecule has 0 aromatic rings. The van der Waals surface area contributed by atoms with E-state index >= 15 is 0 Å². The third-order valence-corrected chi connectivity index (χ3v) is 5.97. The molecule has 2 heterocycles. The lowest BCUT2D eigenvalue weighted by molar-refractivity contribution is -0.135. The number of amides is 2. The number of hydrogen-bond donors (Lipinski definition) is 1. The maximum absolute atomic E-state index is 12.8. The van der Waals surface area contributed by atoms with E-state index in [1.54, 1.807) is 0 Å². The molecule has 2 amide bonds. The number of carbonyl (C=O) groups excluding carboxylic acids is 2. The summed E-state index contributed by atoms with van der Waals surface area (Å²) in [6.07, 6.45) is 4.72. The van der Waals surface area contributed by atoms with Crippen LogP contribution < -0.4 is 5.73 Å². The Morgan fingerprint density at radius 1 is 1.32 bits per heavy atom. The molecule has 1 aliphatic carbocycles. The monoisotopic (exact) mass is 307 g/mol. The van der Waals surface area contributed by atoms with Crippen LogP contribution in [-0.4, -0.2) is 53.3 Å². The molecular formula is C17H29N3O2. The van der Waals surface area contributed by atoms with Crippen molar-refractivity contribution in [2.45, 2.75) is 58.0 Å². The van der Waals surface area contributed by atoms with E-state index in [2.05, 4.69) is 13.8 Å². The fraction of sp³-hybridized carbons (Fsp3) is 0.882. The average Bonchev–Trinajstić information content (AvgIpc) is 3.15. The Morgan fingerprint density at radius 2 is 2.09 bits per heavy atom. The largest absolute Gasteiger partial charge is 0.342 e. The van der Waals surface area contributed by atoms with Crippen molar-refractivity contribution >= 4 is 11.8 Å². The molecule has 0 aromatic heterocycles. The lowest BCUT2D eigenvalue weighted by Crippen LogP contribution is -2.39. The Labute approximate surface area is 133 Å². The van der Waals surface area contributed by atoms with Gasteiger partial charge in [0.15, 0.2) is 0 Å². The van der Waals surface area contributed by atoms with Crippen LogP contribution in [0.3, 0.4) is 0 Å². The number of carbonyl (C=O) groups is 2. The minimum atomic E-state index is -0.137. The quantitative estimate of drug-likeness (QED) is 0.849. The molecular weight excluding hydrogens is 278 g/mol. The molecule has 3 rings (SSSR count). The summed E-state index contributed by atoms with van der Waals surface area (Å²) in [5.74, 6) is 1.26. The van der Waals surface area contributed by atoms with E-state index in [0.717, 1.165) is 38.8 Å². The van der Waals surface area contributed by atoms with Crippen LogP contribution in [-0.2, 0) is 9.59 Å². The first kappa shape index (κ1) is 15.8. The molecule has 124 valence electrons. The van der Waals surface area contributed by atoms with Crippen molar-refractivity contribution in [1.29, 1.82) is 0 Å². The molecule has 2 saturated heterocycles. The van der Waals surface area contributed by atoms with Gasteiger partial charge in [0, 0.05) is 38.1 Å². The smallest absolute Gasteiger partial charge is 0.228 e. The zero-order valence-corrected chi connectivity index (χ0v) is 13.8. The third kappa shape index (κ3) is 2.75. The van der Waals surface area contributed by atoms with Gasteiger partial charge in [-0.3, -0.25) is 9.59 Å². The molecule has 0 bridgehead atoms. The number of fused-ring (bicyclic) bond motifs is 1. The zero-order chi connectivity index (χ0) is 15.9. The molecule has 0 radical (unpaired) electrons. The van der Waals surface area contributed by atoms with Gasteiger partial charge in [-0.2, -0.15) is 0 Å². The second-order valence-electron chi connectivity index (χ2n) is 7.49. The van der Waals surface area contributed by atoms with E-state index < -0.39 is 0 Å². The molecule has 3 fully saturated rings.